The van der Waals surface area contributed by atoms with E-state index in [0.29, 0.717) is 24.0 Å². The largest absolute Gasteiger partial charge is 0.314 e. The van der Waals surface area contributed by atoms with E-state index in [-0.39, 0.29) is 5.75 Å². The van der Waals surface area contributed by atoms with Crippen molar-refractivity contribution in [1.29, 1.82) is 0 Å². The minimum atomic E-state index is -3.18. The fraction of sp³-hybridized carbons (Fsp3) is 0.600. The molecule has 6 heteroatoms. The molecular weight excluding hydrogens is 308 g/mol. The second-order valence-corrected chi connectivity index (χ2v) is 8.27. The van der Waals surface area contributed by atoms with Crippen LogP contribution in [0, 0.1) is 0 Å². The van der Waals surface area contributed by atoms with Gasteiger partial charge in [-0.3, -0.25) is 0 Å². The number of unbranched alkanes of at least 4 members (excludes halogenated alkanes) is 1. The highest BCUT2D eigenvalue weighted by atomic mass is 35.5. The quantitative estimate of drug-likeness (QED) is 0.708. The summed E-state index contributed by atoms with van der Waals surface area (Å²) in [6, 6.07) is 7.96. The molecule has 2 rings (SSSR count). The molecule has 1 aromatic carbocycles. The van der Waals surface area contributed by atoms with Crippen molar-refractivity contribution in [2.24, 2.45) is 0 Å². The normalized spacial score (nSPS) is 15.6. The summed E-state index contributed by atoms with van der Waals surface area (Å²) in [4.78, 5) is 0. The van der Waals surface area contributed by atoms with Crippen LogP contribution in [0.2, 0.25) is 5.02 Å². The molecule has 1 saturated carbocycles. The van der Waals surface area contributed by atoms with E-state index in [1.807, 2.05) is 12.1 Å². The second kappa shape index (κ2) is 7.58. The molecule has 0 radical (unpaired) electrons. The van der Waals surface area contributed by atoms with Gasteiger partial charge in [0, 0.05) is 24.7 Å². The Morgan fingerprint density at radius 2 is 1.90 bits per heavy atom. The molecule has 0 saturated heterocycles. The van der Waals surface area contributed by atoms with Gasteiger partial charge in [0.1, 0.15) is 0 Å². The summed E-state index contributed by atoms with van der Waals surface area (Å²) in [6.45, 7) is 1.31. The van der Waals surface area contributed by atoms with Gasteiger partial charge in [0.05, 0.1) is 5.75 Å². The first-order valence-corrected chi connectivity index (χ1v) is 9.38. The highest BCUT2D eigenvalue weighted by Gasteiger charge is 2.20. The van der Waals surface area contributed by atoms with Crippen LogP contribution in [0.3, 0.4) is 0 Å². The maximum Gasteiger partial charge on any atom is 0.214 e. The summed E-state index contributed by atoms with van der Waals surface area (Å²) in [5, 5.41) is 4.06. The fourth-order valence-electron chi connectivity index (χ4n) is 2.10. The molecule has 0 spiro atoms. The predicted molar refractivity (Wildman–Crippen MR) is 87.0 cm³/mol. The van der Waals surface area contributed by atoms with Crippen LogP contribution in [0.25, 0.3) is 0 Å². The number of nitrogens with one attached hydrogen (secondary N) is 1. The van der Waals surface area contributed by atoms with Crippen LogP contribution in [0.4, 0.5) is 0 Å². The predicted octanol–water partition coefficient (Wildman–Crippen LogP) is 2.63. The molecule has 21 heavy (non-hydrogen) atoms. The third kappa shape index (κ3) is 5.94. The van der Waals surface area contributed by atoms with Gasteiger partial charge in [-0.2, -0.15) is 0 Å². The lowest BCUT2D eigenvalue weighted by molar-refractivity contribution is 0.464. The van der Waals surface area contributed by atoms with E-state index in [4.69, 9.17) is 11.6 Å². The number of nitrogens with zero attached hydrogens (tertiary/aromatic N) is 1. The average molecular weight is 331 g/mol. The zero-order chi connectivity index (χ0) is 15.3. The van der Waals surface area contributed by atoms with E-state index in [1.54, 1.807) is 19.2 Å². The lowest BCUT2D eigenvalue weighted by Gasteiger charge is -2.17. The van der Waals surface area contributed by atoms with Crippen LogP contribution in [0.15, 0.2) is 24.3 Å². The molecule has 0 aromatic heterocycles. The molecule has 1 aromatic rings. The Hall–Kier alpha value is -0.620. The Balaban J connectivity index is 1.73. The topological polar surface area (TPSA) is 49.4 Å². The smallest absolute Gasteiger partial charge is 0.214 e. The van der Waals surface area contributed by atoms with Gasteiger partial charge in [-0.15, -0.1) is 0 Å². The van der Waals surface area contributed by atoms with Crippen LogP contribution in [-0.2, 0) is 16.6 Å². The van der Waals surface area contributed by atoms with Gasteiger partial charge in [0.25, 0.3) is 0 Å². The maximum absolute atomic E-state index is 12.2. The van der Waals surface area contributed by atoms with E-state index in [9.17, 15) is 8.42 Å². The minimum Gasteiger partial charge on any atom is -0.314 e. The number of benzene rings is 1. The van der Waals surface area contributed by atoms with Crippen molar-refractivity contribution in [2.45, 2.75) is 38.3 Å². The van der Waals surface area contributed by atoms with E-state index in [1.165, 1.54) is 17.1 Å². The third-order valence-electron chi connectivity index (χ3n) is 3.63. The highest BCUT2D eigenvalue weighted by molar-refractivity contribution is 7.89. The monoisotopic (exact) mass is 330 g/mol. The molecule has 0 atom stereocenters. The average Bonchev–Trinajstić information content (AvgIpc) is 3.25. The molecule has 0 unspecified atom stereocenters. The molecule has 0 bridgehead atoms. The van der Waals surface area contributed by atoms with Gasteiger partial charge >= 0.3 is 0 Å². The second-order valence-electron chi connectivity index (χ2n) is 5.63. The van der Waals surface area contributed by atoms with Gasteiger partial charge in [-0.25, -0.2) is 12.7 Å². The van der Waals surface area contributed by atoms with Crippen LogP contribution in [0.1, 0.15) is 31.2 Å². The first-order chi connectivity index (χ1) is 9.97. The Morgan fingerprint density at radius 3 is 2.52 bits per heavy atom. The Labute approximate surface area is 132 Å². The summed E-state index contributed by atoms with van der Waals surface area (Å²) >= 11 is 5.83. The van der Waals surface area contributed by atoms with E-state index in [2.05, 4.69) is 5.32 Å². The Morgan fingerprint density at radius 1 is 1.24 bits per heavy atom. The van der Waals surface area contributed by atoms with E-state index >= 15 is 0 Å². The van der Waals surface area contributed by atoms with Crippen molar-refractivity contribution in [3.8, 4) is 0 Å². The van der Waals surface area contributed by atoms with Crippen molar-refractivity contribution in [3.63, 3.8) is 0 Å². The fourth-order valence-corrected chi connectivity index (χ4v) is 3.46. The van der Waals surface area contributed by atoms with Gasteiger partial charge in [0.2, 0.25) is 10.0 Å². The number of halogens is 1. The molecule has 1 fully saturated rings. The van der Waals surface area contributed by atoms with Crippen molar-refractivity contribution in [2.75, 3.05) is 19.3 Å². The lowest BCUT2D eigenvalue weighted by Crippen LogP contribution is -2.29. The van der Waals surface area contributed by atoms with Crippen molar-refractivity contribution >= 4 is 21.6 Å². The first-order valence-electron chi connectivity index (χ1n) is 7.39. The molecule has 1 N–H and O–H groups in total. The minimum absolute atomic E-state index is 0.212. The summed E-state index contributed by atoms with van der Waals surface area (Å²) < 4.78 is 25.8. The molecule has 0 heterocycles. The van der Waals surface area contributed by atoms with Crippen LogP contribution in [-0.4, -0.2) is 38.1 Å². The summed E-state index contributed by atoms with van der Waals surface area (Å²) in [5.74, 6) is 0.212. The van der Waals surface area contributed by atoms with Crippen molar-refractivity contribution < 1.29 is 8.42 Å². The van der Waals surface area contributed by atoms with E-state index in [0.717, 1.165) is 18.5 Å². The number of sulfonamides is 1. The number of rotatable bonds is 9. The lowest BCUT2D eigenvalue weighted by atomic mass is 10.2. The maximum atomic E-state index is 12.2. The van der Waals surface area contributed by atoms with Crippen molar-refractivity contribution in [1.82, 2.24) is 9.62 Å². The third-order valence-corrected chi connectivity index (χ3v) is 5.77. The molecule has 0 amide bonds. The molecule has 1 aliphatic rings. The van der Waals surface area contributed by atoms with Crippen LogP contribution in [0.5, 0.6) is 0 Å². The van der Waals surface area contributed by atoms with Crippen LogP contribution >= 0.6 is 11.6 Å². The Bertz CT molecular complexity index is 541. The molecule has 1 aliphatic carbocycles. The molecule has 118 valence electrons. The molecule has 4 nitrogen and oxygen atoms in total. The van der Waals surface area contributed by atoms with Crippen molar-refractivity contribution in [3.05, 3.63) is 34.9 Å². The van der Waals surface area contributed by atoms with Crippen LogP contribution < -0.4 is 5.32 Å². The first kappa shape index (κ1) is 16.7. The standard InChI is InChI=1S/C15H23ClN2O2S/c1-18(12-13-4-6-14(16)7-5-13)21(19,20)11-3-2-10-17-15-8-9-15/h4-7,15,17H,2-3,8-12H2,1H3. The SMILES string of the molecule is CN(Cc1ccc(Cl)cc1)S(=O)(=O)CCCCNC1CC1. The van der Waals surface area contributed by atoms with Gasteiger partial charge in [0.15, 0.2) is 0 Å². The zero-order valence-electron chi connectivity index (χ0n) is 12.4. The van der Waals surface area contributed by atoms with Gasteiger partial charge in [-0.1, -0.05) is 23.7 Å². The summed E-state index contributed by atoms with van der Waals surface area (Å²) in [5.41, 5.74) is 0.945. The zero-order valence-corrected chi connectivity index (χ0v) is 14.0. The van der Waals surface area contributed by atoms with Gasteiger partial charge in [-0.05, 0) is 49.9 Å². The van der Waals surface area contributed by atoms with E-state index < -0.39 is 10.0 Å². The highest BCUT2D eigenvalue weighted by Crippen LogP contribution is 2.18. The number of hydrogen-bond donors (Lipinski definition) is 1. The molecule has 0 aliphatic heterocycles. The summed E-state index contributed by atoms with van der Waals surface area (Å²) in [6.07, 6.45) is 4.14. The Kier molecular flexibility index (Phi) is 6.05. The summed E-state index contributed by atoms with van der Waals surface area (Å²) in [7, 11) is -1.55. The van der Waals surface area contributed by atoms with Gasteiger partial charge < -0.3 is 5.32 Å². The number of hydrogen-bond acceptors (Lipinski definition) is 3. The molecular formula is C15H23ClN2O2S.